The fraction of sp³-hybridized carbons (Fsp3) is 0.872. The minimum Gasteiger partial charge on any atom is -1.00 e. The van der Waals surface area contributed by atoms with E-state index < -0.39 is 0 Å². The number of unbranched alkanes of at least 4 members (excludes halogenated alkanes) is 28. The van der Waals surface area contributed by atoms with E-state index in [1.165, 1.54) is 206 Å². The zero-order chi connectivity index (χ0) is 28.6. The van der Waals surface area contributed by atoms with Crippen LogP contribution in [-0.2, 0) is 13.0 Å². The van der Waals surface area contributed by atoms with E-state index in [2.05, 4.69) is 42.8 Å². The molecular formula is C39H74BrN. The molecule has 0 unspecified atom stereocenters. The van der Waals surface area contributed by atoms with Gasteiger partial charge < -0.3 is 17.0 Å². The number of pyridine rings is 1. The van der Waals surface area contributed by atoms with Gasteiger partial charge in [0.2, 0.25) is 0 Å². The van der Waals surface area contributed by atoms with Crippen molar-refractivity contribution in [2.75, 3.05) is 0 Å². The van der Waals surface area contributed by atoms with Crippen LogP contribution in [0, 0.1) is 0 Å². The lowest BCUT2D eigenvalue weighted by atomic mass is 10.0. The maximum absolute atomic E-state index is 2.55. The van der Waals surface area contributed by atoms with Crippen LogP contribution in [0.2, 0.25) is 0 Å². The van der Waals surface area contributed by atoms with Crippen molar-refractivity contribution in [1.29, 1.82) is 0 Å². The van der Waals surface area contributed by atoms with Gasteiger partial charge in [-0.15, -0.1) is 0 Å². The predicted octanol–water partition coefficient (Wildman–Crippen LogP) is 10.3. The third-order valence-corrected chi connectivity index (χ3v) is 9.07. The number of nitrogens with zero attached hydrogens (tertiary/aromatic N) is 1. The first-order valence-corrected chi connectivity index (χ1v) is 18.9. The molecule has 242 valence electrons. The van der Waals surface area contributed by atoms with Crippen LogP contribution in [0.15, 0.2) is 24.4 Å². The average Bonchev–Trinajstić information content (AvgIpc) is 2.97. The first-order valence-electron chi connectivity index (χ1n) is 18.9. The Morgan fingerprint density at radius 2 is 0.707 bits per heavy atom. The van der Waals surface area contributed by atoms with Gasteiger partial charge in [-0.05, 0) is 12.8 Å². The molecule has 41 heavy (non-hydrogen) atoms. The second-order valence-electron chi connectivity index (χ2n) is 13.0. The third kappa shape index (κ3) is 28.2. The minimum atomic E-state index is 0. The van der Waals surface area contributed by atoms with Gasteiger partial charge in [0.25, 0.3) is 0 Å². The fourth-order valence-electron chi connectivity index (χ4n) is 6.29. The van der Waals surface area contributed by atoms with E-state index in [1.54, 1.807) is 5.69 Å². The van der Waals surface area contributed by atoms with Gasteiger partial charge in [-0.1, -0.05) is 193 Å². The largest absolute Gasteiger partial charge is 1.00 e. The van der Waals surface area contributed by atoms with Crippen LogP contribution in [0.3, 0.4) is 0 Å². The highest BCUT2D eigenvalue weighted by Gasteiger charge is 2.09. The topological polar surface area (TPSA) is 3.88 Å². The normalized spacial score (nSPS) is 11.2. The highest BCUT2D eigenvalue weighted by molar-refractivity contribution is 4.97. The molecule has 0 spiro atoms. The van der Waals surface area contributed by atoms with Crippen LogP contribution >= 0.6 is 0 Å². The lowest BCUT2D eigenvalue weighted by Crippen LogP contribution is -3.00. The Morgan fingerprint density at radius 1 is 0.390 bits per heavy atom. The molecule has 0 saturated heterocycles. The second kappa shape index (κ2) is 34.1. The monoisotopic (exact) mass is 636 g/mol. The summed E-state index contributed by atoms with van der Waals surface area (Å²) in [6, 6.07) is 6.83. The van der Waals surface area contributed by atoms with Crippen LogP contribution in [0.25, 0.3) is 0 Å². The van der Waals surface area contributed by atoms with Crippen molar-refractivity contribution in [3.63, 3.8) is 0 Å². The molecule has 0 amide bonds. The Morgan fingerprint density at radius 3 is 1.07 bits per heavy atom. The van der Waals surface area contributed by atoms with Crippen molar-refractivity contribution in [1.82, 2.24) is 0 Å². The van der Waals surface area contributed by atoms with Crippen LogP contribution in [0.1, 0.15) is 212 Å². The molecule has 0 aliphatic rings. The summed E-state index contributed by atoms with van der Waals surface area (Å²) in [5, 5.41) is 0. The van der Waals surface area contributed by atoms with Gasteiger partial charge in [0, 0.05) is 25.0 Å². The molecule has 0 aliphatic heterocycles. The summed E-state index contributed by atoms with van der Waals surface area (Å²) in [5.74, 6) is 0. The van der Waals surface area contributed by atoms with Crippen molar-refractivity contribution in [3.05, 3.63) is 30.1 Å². The number of hydrogen-bond acceptors (Lipinski definition) is 0. The average molecular weight is 637 g/mol. The van der Waals surface area contributed by atoms with E-state index in [0.29, 0.717) is 0 Å². The highest BCUT2D eigenvalue weighted by Crippen LogP contribution is 2.15. The van der Waals surface area contributed by atoms with Crippen molar-refractivity contribution in [3.8, 4) is 0 Å². The molecule has 0 N–H and O–H groups in total. The van der Waals surface area contributed by atoms with Gasteiger partial charge >= 0.3 is 0 Å². The molecule has 0 atom stereocenters. The lowest BCUT2D eigenvalue weighted by Gasteiger charge is -2.06. The van der Waals surface area contributed by atoms with Gasteiger partial charge in [-0.25, -0.2) is 4.57 Å². The Kier molecular flexibility index (Phi) is 33.8. The van der Waals surface area contributed by atoms with Gasteiger partial charge in [-0.3, -0.25) is 0 Å². The van der Waals surface area contributed by atoms with Gasteiger partial charge in [0.15, 0.2) is 11.9 Å². The Hall–Kier alpha value is -0.370. The number of hydrogen-bond donors (Lipinski definition) is 0. The lowest BCUT2D eigenvalue weighted by molar-refractivity contribution is -0.704. The van der Waals surface area contributed by atoms with Crippen molar-refractivity contribution < 1.29 is 21.5 Å². The van der Waals surface area contributed by atoms with E-state index >= 15 is 0 Å². The molecule has 0 saturated carbocycles. The first kappa shape index (κ1) is 40.6. The van der Waals surface area contributed by atoms with Gasteiger partial charge in [-0.2, -0.15) is 0 Å². The zero-order valence-corrected chi connectivity index (χ0v) is 29.8. The maximum atomic E-state index is 2.55. The van der Waals surface area contributed by atoms with E-state index in [-0.39, 0.29) is 17.0 Å². The summed E-state index contributed by atoms with van der Waals surface area (Å²) >= 11 is 0. The second-order valence-corrected chi connectivity index (χ2v) is 13.0. The first-order chi connectivity index (χ1) is 19.9. The Balaban J connectivity index is 0.0000160. The smallest absolute Gasteiger partial charge is 0.181 e. The number of aromatic nitrogens is 1. The summed E-state index contributed by atoms with van der Waals surface area (Å²) in [7, 11) is 0. The molecule has 0 radical (unpaired) electrons. The minimum absolute atomic E-state index is 0. The fourth-order valence-corrected chi connectivity index (χ4v) is 6.29. The molecule has 0 aromatic carbocycles. The molecule has 2 heteroatoms. The molecule has 0 bridgehead atoms. The Bertz CT molecular complexity index is 615. The standard InChI is InChI=1S/C39H74N.BrH/c1-3-5-7-9-11-13-15-17-19-20-21-23-25-27-29-31-35-39-36-32-34-38-40(39)37-33-30-28-26-24-22-18-16-14-12-10-8-6-4-2;/h32,34,36,38H,3-31,33,35,37H2,1-2H3;1H/q+1;/p-1. The van der Waals surface area contributed by atoms with Crippen molar-refractivity contribution >= 4 is 0 Å². The molecule has 1 aromatic rings. The van der Waals surface area contributed by atoms with Crippen LogP contribution < -0.4 is 21.5 Å². The predicted molar refractivity (Wildman–Crippen MR) is 180 cm³/mol. The van der Waals surface area contributed by atoms with E-state index in [0.717, 1.165) is 0 Å². The quantitative estimate of drug-likeness (QED) is 0.0547. The summed E-state index contributed by atoms with van der Waals surface area (Å²) in [6.45, 7) is 5.83. The van der Waals surface area contributed by atoms with Crippen LogP contribution in [-0.4, -0.2) is 0 Å². The SMILES string of the molecule is CCCCCCCCCCCCCCCCCCc1cccc[n+]1CCCCCCCCCCCCCCCC.[Br-]. The van der Waals surface area contributed by atoms with Gasteiger partial charge in [0.05, 0.1) is 0 Å². The number of rotatable bonds is 32. The summed E-state index contributed by atoms with van der Waals surface area (Å²) in [5.41, 5.74) is 1.56. The molecule has 1 aromatic heterocycles. The number of aryl methyl sites for hydroxylation is 2. The summed E-state index contributed by atoms with van der Waals surface area (Å²) < 4.78 is 2.55. The van der Waals surface area contributed by atoms with Crippen molar-refractivity contribution in [2.24, 2.45) is 0 Å². The van der Waals surface area contributed by atoms with Gasteiger partial charge in [0.1, 0.15) is 6.54 Å². The molecular weight excluding hydrogens is 562 g/mol. The Labute approximate surface area is 270 Å². The van der Waals surface area contributed by atoms with E-state index in [4.69, 9.17) is 0 Å². The molecule has 1 rings (SSSR count). The molecule has 0 fully saturated rings. The van der Waals surface area contributed by atoms with E-state index in [9.17, 15) is 0 Å². The maximum Gasteiger partial charge on any atom is 0.181 e. The highest BCUT2D eigenvalue weighted by atomic mass is 79.9. The van der Waals surface area contributed by atoms with Crippen molar-refractivity contribution in [2.45, 2.75) is 219 Å². The zero-order valence-electron chi connectivity index (χ0n) is 28.3. The molecule has 0 aliphatic carbocycles. The van der Waals surface area contributed by atoms with E-state index in [1.807, 2.05) is 0 Å². The van der Waals surface area contributed by atoms with Crippen LogP contribution in [0.4, 0.5) is 0 Å². The summed E-state index contributed by atoms with van der Waals surface area (Å²) in [4.78, 5) is 0. The number of halogens is 1. The molecule has 1 heterocycles. The summed E-state index contributed by atoms with van der Waals surface area (Å²) in [6.07, 6.45) is 46.9. The third-order valence-electron chi connectivity index (χ3n) is 9.07. The van der Waals surface area contributed by atoms with Crippen LogP contribution in [0.5, 0.6) is 0 Å². The molecule has 1 nitrogen and oxygen atoms in total.